The van der Waals surface area contributed by atoms with Crippen molar-refractivity contribution in [3.8, 4) is 5.75 Å². The molecule has 0 atom stereocenters. The van der Waals surface area contributed by atoms with Gasteiger partial charge in [0.1, 0.15) is 12.4 Å². The number of carbonyl (C=O) groups is 1. The summed E-state index contributed by atoms with van der Waals surface area (Å²) in [5.74, 6) is 1.45. The quantitative estimate of drug-likeness (QED) is 0.572. The molecule has 1 aromatic carbocycles. The smallest absolute Gasteiger partial charge is 0.316 e. The second-order valence-corrected chi connectivity index (χ2v) is 6.33. The lowest BCUT2D eigenvalue weighted by Gasteiger charge is -2.08. The number of esters is 1. The van der Waals surface area contributed by atoms with Gasteiger partial charge < -0.3 is 14.0 Å². The van der Waals surface area contributed by atoms with Gasteiger partial charge >= 0.3 is 5.97 Å². The molecule has 0 aliphatic carbocycles. The van der Waals surface area contributed by atoms with E-state index in [4.69, 9.17) is 9.47 Å². The number of rotatable bonds is 7. The van der Waals surface area contributed by atoms with E-state index in [9.17, 15) is 4.79 Å². The normalized spacial score (nSPS) is 10.8. The van der Waals surface area contributed by atoms with Crippen molar-refractivity contribution >= 4 is 17.7 Å². The van der Waals surface area contributed by atoms with Crippen molar-refractivity contribution in [2.24, 2.45) is 7.05 Å². The molecule has 1 aromatic heterocycles. The number of benzene rings is 1. The maximum atomic E-state index is 11.6. The Morgan fingerprint density at radius 2 is 2.13 bits per heavy atom. The van der Waals surface area contributed by atoms with Gasteiger partial charge in [0.25, 0.3) is 0 Å². The van der Waals surface area contributed by atoms with Gasteiger partial charge in [-0.15, -0.1) is 10.2 Å². The number of hydrogen-bond donors (Lipinski definition) is 0. The molecular weight excluding hydrogens is 314 g/mol. The first-order valence-corrected chi connectivity index (χ1v) is 8.34. The number of carbonyl (C=O) groups excluding carboxylic acids is 1. The molecule has 0 aliphatic rings. The van der Waals surface area contributed by atoms with E-state index < -0.39 is 0 Å². The minimum absolute atomic E-state index is 0.110. The van der Waals surface area contributed by atoms with E-state index >= 15 is 0 Å². The third-order valence-electron chi connectivity index (χ3n) is 2.97. The highest BCUT2D eigenvalue weighted by atomic mass is 32.2. The van der Waals surface area contributed by atoms with Gasteiger partial charge in [0.15, 0.2) is 11.0 Å². The van der Waals surface area contributed by atoms with Gasteiger partial charge in [0, 0.05) is 7.05 Å². The summed E-state index contributed by atoms with van der Waals surface area (Å²) in [6, 6.07) is 7.83. The van der Waals surface area contributed by atoms with Crippen LogP contribution in [0.25, 0.3) is 0 Å². The molecule has 2 aromatic rings. The Morgan fingerprint density at radius 1 is 1.35 bits per heavy atom. The van der Waals surface area contributed by atoms with Gasteiger partial charge in [0.2, 0.25) is 0 Å². The minimum Gasteiger partial charge on any atom is -0.486 e. The summed E-state index contributed by atoms with van der Waals surface area (Å²) in [6.07, 6.45) is -0.110. The van der Waals surface area contributed by atoms with Gasteiger partial charge in [-0.25, -0.2) is 0 Å². The van der Waals surface area contributed by atoms with Gasteiger partial charge in [-0.3, -0.25) is 4.79 Å². The van der Waals surface area contributed by atoms with Gasteiger partial charge in [-0.1, -0.05) is 23.9 Å². The first-order valence-electron chi connectivity index (χ1n) is 7.35. The molecule has 0 spiro atoms. The zero-order valence-electron chi connectivity index (χ0n) is 13.8. The van der Waals surface area contributed by atoms with E-state index in [0.717, 1.165) is 11.3 Å². The van der Waals surface area contributed by atoms with Crippen LogP contribution in [0.5, 0.6) is 5.75 Å². The number of nitrogens with zero attached hydrogens (tertiary/aromatic N) is 3. The Morgan fingerprint density at radius 3 is 2.83 bits per heavy atom. The summed E-state index contributed by atoms with van der Waals surface area (Å²) in [5.41, 5.74) is 1.14. The molecule has 1 heterocycles. The number of aryl methyl sites for hydroxylation is 1. The summed E-state index contributed by atoms with van der Waals surface area (Å²) < 4.78 is 12.6. The summed E-state index contributed by atoms with van der Waals surface area (Å²) in [6.45, 7) is 5.99. The minimum atomic E-state index is -0.259. The Labute approximate surface area is 140 Å². The third-order valence-corrected chi connectivity index (χ3v) is 3.96. The molecule has 0 radical (unpaired) electrons. The van der Waals surface area contributed by atoms with Crippen LogP contribution in [0.4, 0.5) is 0 Å². The standard InChI is InChI=1S/C16H21N3O3S/c1-11(2)22-15(20)10-23-16-18-17-14(19(16)4)9-21-13-7-5-6-12(3)8-13/h5-8,11H,9-10H2,1-4H3. The highest BCUT2D eigenvalue weighted by molar-refractivity contribution is 7.99. The highest BCUT2D eigenvalue weighted by Gasteiger charge is 2.13. The van der Waals surface area contributed by atoms with Crippen LogP contribution in [0.15, 0.2) is 29.4 Å². The predicted molar refractivity (Wildman–Crippen MR) is 88.5 cm³/mol. The highest BCUT2D eigenvalue weighted by Crippen LogP contribution is 2.18. The van der Waals surface area contributed by atoms with Crippen LogP contribution in [0, 0.1) is 6.92 Å². The lowest BCUT2D eigenvalue weighted by molar-refractivity contribution is -0.144. The predicted octanol–water partition coefficient (Wildman–Crippen LogP) is 2.75. The van der Waals surface area contributed by atoms with Crippen LogP contribution in [0.3, 0.4) is 0 Å². The summed E-state index contributed by atoms with van der Waals surface area (Å²) in [7, 11) is 1.85. The van der Waals surface area contributed by atoms with Crippen molar-refractivity contribution in [3.63, 3.8) is 0 Å². The molecule has 23 heavy (non-hydrogen) atoms. The Balaban J connectivity index is 1.90. The van der Waals surface area contributed by atoms with Crippen LogP contribution in [0.1, 0.15) is 25.2 Å². The third kappa shape index (κ3) is 5.28. The summed E-state index contributed by atoms with van der Waals surface area (Å²) in [5, 5.41) is 8.85. The van der Waals surface area contributed by atoms with Crippen LogP contribution in [-0.4, -0.2) is 32.6 Å². The molecule has 0 aliphatic heterocycles. The summed E-state index contributed by atoms with van der Waals surface area (Å²) >= 11 is 1.30. The number of hydrogen-bond acceptors (Lipinski definition) is 6. The molecule has 0 saturated heterocycles. The first-order chi connectivity index (χ1) is 11.0. The fourth-order valence-electron chi connectivity index (χ4n) is 1.87. The van der Waals surface area contributed by atoms with Gasteiger partial charge in [0.05, 0.1) is 11.9 Å². The zero-order chi connectivity index (χ0) is 16.8. The van der Waals surface area contributed by atoms with Crippen LogP contribution in [-0.2, 0) is 23.2 Å². The number of thioether (sulfide) groups is 1. The zero-order valence-corrected chi connectivity index (χ0v) is 14.6. The topological polar surface area (TPSA) is 66.2 Å². The molecular formula is C16H21N3O3S. The maximum absolute atomic E-state index is 11.6. The number of aromatic nitrogens is 3. The van der Waals surface area contributed by atoms with E-state index in [-0.39, 0.29) is 17.8 Å². The molecule has 6 nitrogen and oxygen atoms in total. The number of ether oxygens (including phenoxy) is 2. The Kier molecular flexibility index (Phi) is 6.04. The van der Waals surface area contributed by atoms with E-state index in [1.807, 2.05) is 56.7 Å². The second-order valence-electron chi connectivity index (χ2n) is 5.39. The van der Waals surface area contributed by atoms with E-state index in [0.29, 0.717) is 17.6 Å². The molecule has 2 rings (SSSR count). The molecule has 0 saturated carbocycles. The Hall–Kier alpha value is -2.02. The first kappa shape index (κ1) is 17.3. The average molecular weight is 335 g/mol. The average Bonchev–Trinajstić information content (AvgIpc) is 2.83. The van der Waals surface area contributed by atoms with Crippen molar-refractivity contribution in [1.82, 2.24) is 14.8 Å². The van der Waals surface area contributed by atoms with Crippen molar-refractivity contribution < 1.29 is 14.3 Å². The molecule has 0 amide bonds. The van der Waals surface area contributed by atoms with Crippen LogP contribution >= 0.6 is 11.8 Å². The Bertz CT molecular complexity index is 670. The molecule has 0 bridgehead atoms. The van der Waals surface area contributed by atoms with Crippen molar-refractivity contribution in [3.05, 3.63) is 35.7 Å². The molecule has 7 heteroatoms. The lowest BCUT2D eigenvalue weighted by atomic mass is 10.2. The largest absolute Gasteiger partial charge is 0.486 e. The van der Waals surface area contributed by atoms with Crippen molar-refractivity contribution in [2.75, 3.05) is 5.75 Å². The van der Waals surface area contributed by atoms with Gasteiger partial charge in [-0.05, 0) is 38.5 Å². The fourth-order valence-corrected chi connectivity index (χ4v) is 2.58. The van der Waals surface area contributed by atoms with E-state index in [1.54, 1.807) is 0 Å². The fraction of sp³-hybridized carbons (Fsp3) is 0.438. The maximum Gasteiger partial charge on any atom is 0.316 e. The van der Waals surface area contributed by atoms with E-state index in [1.165, 1.54) is 11.8 Å². The SMILES string of the molecule is Cc1cccc(OCc2nnc(SCC(=O)OC(C)C)n2C)c1. The molecule has 0 fully saturated rings. The van der Waals surface area contributed by atoms with Gasteiger partial charge in [-0.2, -0.15) is 0 Å². The van der Waals surface area contributed by atoms with E-state index in [2.05, 4.69) is 10.2 Å². The molecule has 0 unspecified atom stereocenters. The second kappa shape index (κ2) is 8.01. The molecule has 124 valence electrons. The van der Waals surface area contributed by atoms with Crippen molar-refractivity contribution in [2.45, 2.75) is 38.6 Å². The van der Waals surface area contributed by atoms with Crippen molar-refractivity contribution in [1.29, 1.82) is 0 Å². The summed E-state index contributed by atoms with van der Waals surface area (Å²) in [4.78, 5) is 11.6. The molecule has 0 N–H and O–H groups in total. The lowest BCUT2D eigenvalue weighted by Crippen LogP contribution is -2.13. The monoisotopic (exact) mass is 335 g/mol. The van der Waals surface area contributed by atoms with Crippen LogP contribution < -0.4 is 4.74 Å². The van der Waals surface area contributed by atoms with Crippen LogP contribution in [0.2, 0.25) is 0 Å².